The molecule has 0 amide bonds. The van der Waals surface area contributed by atoms with Gasteiger partial charge in [0.25, 0.3) is 0 Å². The van der Waals surface area contributed by atoms with Crippen molar-refractivity contribution in [1.29, 1.82) is 0 Å². The van der Waals surface area contributed by atoms with E-state index in [0.29, 0.717) is 0 Å². The van der Waals surface area contributed by atoms with E-state index in [1.165, 1.54) is 32.2 Å². The SMILES string of the molecule is CN(C)C(CNCC1CCOCC1)C1CC1. The van der Waals surface area contributed by atoms with Gasteiger partial charge in [-0.05, 0) is 58.2 Å². The van der Waals surface area contributed by atoms with Crippen molar-refractivity contribution in [2.45, 2.75) is 31.7 Å². The molecule has 16 heavy (non-hydrogen) atoms. The molecule has 2 aliphatic rings. The summed E-state index contributed by atoms with van der Waals surface area (Å²) in [5.41, 5.74) is 0. The Morgan fingerprint density at radius 1 is 1.19 bits per heavy atom. The normalized spacial score (nSPS) is 24.9. The van der Waals surface area contributed by atoms with E-state index in [9.17, 15) is 0 Å². The monoisotopic (exact) mass is 226 g/mol. The molecule has 0 spiro atoms. The van der Waals surface area contributed by atoms with Gasteiger partial charge in [-0.2, -0.15) is 0 Å². The van der Waals surface area contributed by atoms with Gasteiger partial charge in [-0.25, -0.2) is 0 Å². The molecule has 1 saturated carbocycles. The van der Waals surface area contributed by atoms with Crippen molar-refractivity contribution in [3.8, 4) is 0 Å². The summed E-state index contributed by atoms with van der Waals surface area (Å²) in [5.74, 6) is 1.80. The minimum Gasteiger partial charge on any atom is -0.381 e. The number of nitrogens with one attached hydrogen (secondary N) is 1. The Kier molecular flexibility index (Phi) is 4.62. The van der Waals surface area contributed by atoms with E-state index in [1.54, 1.807) is 0 Å². The number of nitrogens with zero attached hydrogens (tertiary/aromatic N) is 1. The Morgan fingerprint density at radius 2 is 1.88 bits per heavy atom. The molecule has 1 N–H and O–H groups in total. The lowest BCUT2D eigenvalue weighted by atomic mass is 10.0. The van der Waals surface area contributed by atoms with E-state index in [-0.39, 0.29) is 0 Å². The summed E-state index contributed by atoms with van der Waals surface area (Å²) in [6.45, 7) is 4.27. The zero-order valence-corrected chi connectivity index (χ0v) is 10.7. The lowest BCUT2D eigenvalue weighted by Gasteiger charge is -2.27. The fourth-order valence-electron chi connectivity index (χ4n) is 2.64. The predicted octanol–water partition coefficient (Wildman–Crippen LogP) is 1.34. The number of ether oxygens (including phenoxy) is 1. The molecule has 2 rings (SSSR count). The third-order valence-electron chi connectivity index (χ3n) is 3.96. The van der Waals surface area contributed by atoms with Gasteiger partial charge in [-0.15, -0.1) is 0 Å². The zero-order valence-electron chi connectivity index (χ0n) is 10.7. The average molecular weight is 226 g/mol. The maximum Gasteiger partial charge on any atom is 0.0469 e. The molecule has 1 saturated heterocycles. The van der Waals surface area contributed by atoms with Crippen LogP contribution in [0.3, 0.4) is 0 Å². The molecule has 94 valence electrons. The molecule has 3 heteroatoms. The fraction of sp³-hybridized carbons (Fsp3) is 1.00. The molecule has 0 bridgehead atoms. The number of likely N-dealkylation sites (N-methyl/N-ethyl adjacent to an activating group) is 1. The molecular weight excluding hydrogens is 200 g/mol. The van der Waals surface area contributed by atoms with Gasteiger partial charge in [0.2, 0.25) is 0 Å². The standard InChI is InChI=1S/C13H26N2O/c1-15(2)13(12-3-4-12)10-14-9-11-5-7-16-8-6-11/h11-14H,3-10H2,1-2H3. The van der Waals surface area contributed by atoms with Gasteiger partial charge in [0.05, 0.1) is 0 Å². The summed E-state index contributed by atoms with van der Waals surface area (Å²) >= 11 is 0. The predicted molar refractivity (Wildman–Crippen MR) is 66.6 cm³/mol. The zero-order chi connectivity index (χ0) is 11.4. The molecule has 1 heterocycles. The van der Waals surface area contributed by atoms with Gasteiger partial charge in [-0.3, -0.25) is 0 Å². The quantitative estimate of drug-likeness (QED) is 0.740. The van der Waals surface area contributed by atoms with Gasteiger partial charge in [-0.1, -0.05) is 0 Å². The summed E-state index contributed by atoms with van der Waals surface area (Å²) in [6.07, 6.45) is 5.34. The summed E-state index contributed by atoms with van der Waals surface area (Å²) in [5, 5.41) is 3.66. The van der Waals surface area contributed by atoms with Crippen LogP contribution in [0, 0.1) is 11.8 Å². The third-order valence-corrected chi connectivity index (χ3v) is 3.96. The van der Waals surface area contributed by atoms with Crippen LogP contribution >= 0.6 is 0 Å². The molecule has 0 aromatic rings. The minimum absolute atomic E-state index is 0.750. The second-order valence-corrected chi connectivity index (χ2v) is 5.58. The fourth-order valence-corrected chi connectivity index (χ4v) is 2.64. The van der Waals surface area contributed by atoms with Crippen molar-refractivity contribution in [2.24, 2.45) is 11.8 Å². The maximum absolute atomic E-state index is 5.38. The molecule has 1 aliphatic carbocycles. The Balaban J connectivity index is 1.61. The highest BCUT2D eigenvalue weighted by Crippen LogP contribution is 2.34. The van der Waals surface area contributed by atoms with Crippen LogP contribution in [0.25, 0.3) is 0 Å². The first-order chi connectivity index (χ1) is 7.77. The largest absolute Gasteiger partial charge is 0.381 e. The lowest BCUT2D eigenvalue weighted by Crippen LogP contribution is -2.41. The molecule has 0 aromatic carbocycles. The summed E-state index contributed by atoms with van der Waals surface area (Å²) in [4.78, 5) is 2.38. The highest BCUT2D eigenvalue weighted by molar-refractivity contribution is 4.87. The second-order valence-electron chi connectivity index (χ2n) is 5.58. The third kappa shape index (κ3) is 3.72. The summed E-state index contributed by atoms with van der Waals surface area (Å²) in [7, 11) is 4.41. The number of rotatable bonds is 6. The molecule has 3 nitrogen and oxygen atoms in total. The van der Waals surface area contributed by atoms with Gasteiger partial charge < -0.3 is 15.0 Å². The van der Waals surface area contributed by atoms with E-state index in [1.807, 2.05) is 0 Å². The molecule has 2 fully saturated rings. The van der Waals surface area contributed by atoms with Crippen molar-refractivity contribution >= 4 is 0 Å². The number of hydrogen-bond acceptors (Lipinski definition) is 3. The summed E-state index contributed by atoms with van der Waals surface area (Å²) < 4.78 is 5.38. The minimum atomic E-state index is 0.750. The van der Waals surface area contributed by atoms with E-state index in [2.05, 4.69) is 24.3 Å². The first-order valence-corrected chi connectivity index (χ1v) is 6.72. The van der Waals surface area contributed by atoms with Gasteiger partial charge >= 0.3 is 0 Å². The summed E-state index contributed by atoms with van der Waals surface area (Å²) in [6, 6.07) is 0.750. The topological polar surface area (TPSA) is 24.5 Å². The highest BCUT2D eigenvalue weighted by Gasteiger charge is 2.32. The van der Waals surface area contributed by atoms with Crippen molar-refractivity contribution in [3.05, 3.63) is 0 Å². The van der Waals surface area contributed by atoms with Gasteiger partial charge in [0.1, 0.15) is 0 Å². The second kappa shape index (κ2) is 5.99. The van der Waals surface area contributed by atoms with Crippen molar-refractivity contribution in [3.63, 3.8) is 0 Å². The first kappa shape index (κ1) is 12.3. The molecule has 1 atom stereocenters. The van der Waals surface area contributed by atoms with Crippen LogP contribution in [-0.4, -0.2) is 51.3 Å². The van der Waals surface area contributed by atoms with E-state index < -0.39 is 0 Å². The number of hydrogen-bond donors (Lipinski definition) is 1. The molecule has 1 aliphatic heterocycles. The van der Waals surface area contributed by atoms with Crippen LogP contribution in [0.2, 0.25) is 0 Å². The van der Waals surface area contributed by atoms with E-state index >= 15 is 0 Å². The lowest BCUT2D eigenvalue weighted by molar-refractivity contribution is 0.0657. The Labute approximate surface area is 99.5 Å². The van der Waals surface area contributed by atoms with Crippen molar-refractivity contribution in [1.82, 2.24) is 10.2 Å². The molecule has 0 radical (unpaired) electrons. The van der Waals surface area contributed by atoms with Crippen LogP contribution in [0.4, 0.5) is 0 Å². The van der Waals surface area contributed by atoms with Crippen molar-refractivity contribution in [2.75, 3.05) is 40.4 Å². The van der Waals surface area contributed by atoms with Crippen molar-refractivity contribution < 1.29 is 4.74 Å². The maximum atomic E-state index is 5.38. The molecule has 1 unspecified atom stereocenters. The average Bonchev–Trinajstić information content (AvgIpc) is 3.09. The molecular formula is C13H26N2O. The Hall–Kier alpha value is -0.120. The van der Waals surface area contributed by atoms with Crippen LogP contribution in [0.15, 0.2) is 0 Å². The van der Waals surface area contributed by atoms with E-state index in [0.717, 1.165) is 37.6 Å². The van der Waals surface area contributed by atoms with Crippen LogP contribution < -0.4 is 5.32 Å². The molecule has 0 aromatic heterocycles. The highest BCUT2D eigenvalue weighted by atomic mass is 16.5. The first-order valence-electron chi connectivity index (χ1n) is 6.72. The Morgan fingerprint density at radius 3 is 2.44 bits per heavy atom. The van der Waals surface area contributed by atoms with E-state index in [4.69, 9.17) is 4.74 Å². The van der Waals surface area contributed by atoms with Gasteiger partial charge in [0, 0.05) is 25.8 Å². The van der Waals surface area contributed by atoms with Crippen LogP contribution in [0.5, 0.6) is 0 Å². The smallest absolute Gasteiger partial charge is 0.0469 e. The van der Waals surface area contributed by atoms with Crippen LogP contribution in [-0.2, 0) is 4.74 Å². The Bertz CT molecular complexity index is 196. The van der Waals surface area contributed by atoms with Crippen LogP contribution in [0.1, 0.15) is 25.7 Å². The van der Waals surface area contributed by atoms with Gasteiger partial charge in [0.15, 0.2) is 0 Å².